The number of anilines is 1. The molecule has 0 atom stereocenters. The second kappa shape index (κ2) is 8.09. The second-order valence-corrected chi connectivity index (χ2v) is 5.51. The first-order valence-corrected chi connectivity index (χ1v) is 7.74. The number of amides is 1. The number of benzene rings is 1. The number of hydrogen-bond donors (Lipinski definition) is 2. The van der Waals surface area contributed by atoms with Crippen molar-refractivity contribution in [2.75, 3.05) is 46.3 Å². The van der Waals surface area contributed by atoms with Crippen molar-refractivity contribution in [1.82, 2.24) is 4.90 Å². The molecule has 1 aliphatic rings. The predicted molar refractivity (Wildman–Crippen MR) is 90.9 cm³/mol. The van der Waals surface area contributed by atoms with Gasteiger partial charge in [0, 0.05) is 12.6 Å². The summed E-state index contributed by atoms with van der Waals surface area (Å²) in [5.41, 5.74) is 0.610. The second-order valence-electron chi connectivity index (χ2n) is 5.11. The summed E-state index contributed by atoms with van der Waals surface area (Å²) < 4.78 is 15.1. The molecule has 0 saturated heterocycles. The summed E-state index contributed by atoms with van der Waals surface area (Å²) in [4.78, 5) is 25.9. The van der Waals surface area contributed by atoms with Crippen molar-refractivity contribution in [3.63, 3.8) is 0 Å². The number of nitrogens with zero attached hydrogens (tertiary/aromatic N) is 1. The summed E-state index contributed by atoms with van der Waals surface area (Å²) >= 11 is 6.13. The molecule has 0 spiro atoms. The van der Waals surface area contributed by atoms with E-state index in [0.29, 0.717) is 22.2 Å². The maximum absolute atomic E-state index is 12.5. The number of carbonyl (C=O) groups is 2. The van der Waals surface area contributed by atoms with E-state index >= 15 is 0 Å². The number of halogens is 1. The van der Waals surface area contributed by atoms with Crippen LogP contribution in [0.2, 0.25) is 5.02 Å². The molecule has 0 fully saturated rings. The molecule has 25 heavy (non-hydrogen) atoms. The third-order valence-corrected chi connectivity index (χ3v) is 3.98. The van der Waals surface area contributed by atoms with Crippen LogP contribution >= 0.6 is 11.6 Å². The number of carbonyl (C=O) groups excluding carboxylic acids is 2. The average molecular weight is 371 g/mol. The molecule has 136 valence electrons. The predicted octanol–water partition coefficient (Wildman–Crippen LogP) is 1.03. The normalized spacial score (nSPS) is 14.0. The maximum Gasteiger partial charge on any atom is 0.337 e. The zero-order chi connectivity index (χ0) is 18.6. The molecule has 1 amide bonds. The Bertz CT molecular complexity index is 719. The highest BCUT2D eigenvalue weighted by Crippen LogP contribution is 2.37. The van der Waals surface area contributed by atoms with Gasteiger partial charge in [-0.15, -0.1) is 0 Å². The van der Waals surface area contributed by atoms with Crippen LogP contribution in [0.5, 0.6) is 11.5 Å². The van der Waals surface area contributed by atoms with Crippen LogP contribution in [-0.2, 0) is 14.3 Å². The number of aliphatic hydroxyl groups excluding tert-OH is 1. The number of methoxy groups -OCH3 is 3. The van der Waals surface area contributed by atoms with Gasteiger partial charge in [0.1, 0.15) is 17.2 Å². The maximum atomic E-state index is 12.5. The third kappa shape index (κ3) is 3.80. The van der Waals surface area contributed by atoms with Crippen molar-refractivity contribution in [2.45, 2.75) is 0 Å². The highest BCUT2D eigenvalue weighted by Gasteiger charge is 2.35. The fourth-order valence-electron chi connectivity index (χ4n) is 2.44. The van der Waals surface area contributed by atoms with E-state index in [1.54, 1.807) is 6.07 Å². The van der Waals surface area contributed by atoms with Crippen LogP contribution in [0.25, 0.3) is 0 Å². The minimum atomic E-state index is -0.630. The quantitative estimate of drug-likeness (QED) is 0.692. The van der Waals surface area contributed by atoms with Gasteiger partial charge in [0.25, 0.3) is 5.91 Å². The molecule has 8 nitrogen and oxygen atoms in total. The smallest absolute Gasteiger partial charge is 0.337 e. The number of aliphatic hydroxyl groups is 1. The van der Waals surface area contributed by atoms with Gasteiger partial charge in [-0.2, -0.15) is 0 Å². The lowest BCUT2D eigenvalue weighted by Gasteiger charge is -2.16. The van der Waals surface area contributed by atoms with Crippen molar-refractivity contribution in [3.8, 4) is 11.5 Å². The van der Waals surface area contributed by atoms with Crippen LogP contribution in [0.4, 0.5) is 5.69 Å². The van der Waals surface area contributed by atoms with E-state index < -0.39 is 11.9 Å². The van der Waals surface area contributed by atoms with Crippen LogP contribution in [0.15, 0.2) is 23.4 Å². The van der Waals surface area contributed by atoms with E-state index in [0.717, 1.165) is 0 Å². The standard InChI is InChI=1S/C16H19ClN2O6/c1-23-12-7-13(24-2)11(6-10(12)17)18-14-9(16(22)25-3)8-19(4-5-20)15(14)21/h6-7,18,20H,4-5,8H2,1-3H3. The molecule has 1 aliphatic heterocycles. The van der Waals surface area contributed by atoms with Gasteiger partial charge in [-0.1, -0.05) is 11.6 Å². The van der Waals surface area contributed by atoms with Gasteiger partial charge in [-0.05, 0) is 6.07 Å². The zero-order valence-electron chi connectivity index (χ0n) is 14.1. The van der Waals surface area contributed by atoms with Gasteiger partial charge >= 0.3 is 5.97 Å². The SMILES string of the molecule is COC(=O)C1=C(Nc2cc(Cl)c(OC)cc2OC)C(=O)N(CCO)C1. The zero-order valence-corrected chi connectivity index (χ0v) is 14.8. The van der Waals surface area contributed by atoms with Crippen LogP contribution < -0.4 is 14.8 Å². The van der Waals surface area contributed by atoms with Crippen LogP contribution in [-0.4, -0.2) is 62.9 Å². The van der Waals surface area contributed by atoms with Gasteiger partial charge in [-0.3, -0.25) is 4.79 Å². The largest absolute Gasteiger partial charge is 0.495 e. The Labute approximate surface area is 149 Å². The number of nitrogens with one attached hydrogen (secondary N) is 1. The third-order valence-electron chi connectivity index (χ3n) is 3.69. The van der Waals surface area contributed by atoms with Crippen LogP contribution in [0.1, 0.15) is 0 Å². The Kier molecular flexibility index (Phi) is 6.11. The molecule has 0 saturated carbocycles. The first-order chi connectivity index (χ1) is 12.0. The Balaban J connectivity index is 2.43. The van der Waals surface area contributed by atoms with E-state index in [9.17, 15) is 9.59 Å². The fourth-order valence-corrected chi connectivity index (χ4v) is 2.68. The minimum absolute atomic E-state index is 0.0423. The average Bonchev–Trinajstić information content (AvgIpc) is 2.91. The Hall–Kier alpha value is -2.45. The molecule has 1 aromatic rings. The molecule has 1 aromatic carbocycles. The van der Waals surface area contributed by atoms with E-state index in [2.05, 4.69) is 5.32 Å². The highest BCUT2D eigenvalue weighted by atomic mass is 35.5. The Morgan fingerprint density at radius 1 is 1.28 bits per heavy atom. The Morgan fingerprint density at radius 3 is 2.52 bits per heavy atom. The van der Waals surface area contributed by atoms with E-state index in [1.807, 2.05) is 0 Å². The van der Waals surface area contributed by atoms with Crippen molar-refractivity contribution in [1.29, 1.82) is 0 Å². The van der Waals surface area contributed by atoms with Gasteiger partial charge < -0.3 is 29.5 Å². The van der Waals surface area contributed by atoms with Crippen molar-refractivity contribution in [2.24, 2.45) is 0 Å². The fraction of sp³-hybridized carbons (Fsp3) is 0.375. The summed E-state index contributed by atoms with van der Waals surface area (Å²) in [5.74, 6) is -0.268. The highest BCUT2D eigenvalue weighted by molar-refractivity contribution is 6.32. The lowest BCUT2D eigenvalue weighted by molar-refractivity contribution is -0.136. The molecule has 2 rings (SSSR count). The van der Waals surface area contributed by atoms with E-state index in [4.69, 9.17) is 30.9 Å². The first kappa shape index (κ1) is 18.9. The van der Waals surface area contributed by atoms with Crippen molar-refractivity contribution in [3.05, 3.63) is 28.4 Å². The lowest BCUT2D eigenvalue weighted by Crippen LogP contribution is -2.31. The molecular weight excluding hydrogens is 352 g/mol. The van der Waals surface area contributed by atoms with Crippen LogP contribution in [0.3, 0.4) is 0 Å². The summed E-state index contributed by atoms with van der Waals surface area (Å²) in [6.07, 6.45) is 0. The monoisotopic (exact) mass is 370 g/mol. The lowest BCUT2D eigenvalue weighted by atomic mass is 10.2. The van der Waals surface area contributed by atoms with Gasteiger partial charge in [0.15, 0.2) is 0 Å². The van der Waals surface area contributed by atoms with Gasteiger partial charge in [-0.25, -0.2) is 4.79 Å². The first-order valence-electron chi connectivity index (χ1n) is 7.36. The molecular formula is C16H19ClN2O6. The summed E-state index contributed by atoms with van der Waals surface area (Å²) in [6.45, 7) is -0.0726. The van der Waals surface area contributed by atoms with Gasteiger partial charge in [0.2, 0.25) is 0 Å². The number of hydrogen-bond acceptors (Lipinski definition) is 7. The summed E-state index contributed by atoms with van der Waals surface area (Å²) in [7, 11) is 4.16. The molecule has 2 N–H and O–H groups in total. The van der Waals surface area contributed by atoms with Gasteiger partial charge in [0.05, 0.1) is 50.8 Å². The number of ether oxygens (including phenoxy) is 3. The molecule has 0 aromatic heterocycles. The minimum Gasteiger partial charge on any atom is -0.495 e. The topological polar surface area (TPSA) is 97.3 Å². The van der Waals surface area contributed by atoms with Crippen molar-refractivity contribution >= 4 is 29.2 Å². The van der Waals surface area contributed by atoms with Crippen LogP contribution in [0, 0.1) is 0 Å². The Morgan fingerprint density at radius 2 is 1.96 bits per heavy atom. The summed E-state index contributed by atoms with van der Waals surface area (Å²) in [5, 5.41) is 12.3. The molecule has 9 heteroatoms. The summed E-state index contributed by atoms with van der Waals surface area (Å²) in [6, 6.07) is 3.09. The number of esters is 1. The molecule has 0 aliphatic carbocycles. The molecule has 0 unspecified atom stereocenters. The van der Waals surface area contributed by atoms with E-state index in [-0.39, 0.29) is 31.0 Å². The van der Waals surface area contributed by atoms with E-state index in [1.165, 1.54) is 32.3 Å². The van der Waals surface area contributed by atoms with Crippen molar-refractivity contribution < 1.29 is 28.9 Å². The molecule has 0 bridgehead atoms. The number of β-amino-alcohol motifs (C(OH)–C–C–N with tert-alkyl or cyclic N) is 1. The molecule has 0 radical (unpaired) electrons. The number of rotatable bonds is 7. The molecule has 1 heterocycles.